The van der Waals surface area contributed by atoms with Crippen LogP contribution in [0.2, 0.25) is 5.02 Å². The molecule has 0 unspecified atom stereocenters. The number of ether oxygens (including phenoxy) is 1. The number of halogens is 3. The Morgan fingerprint density at radius 3 is 2.70 bits per heavy atom. The zero-order chi connectivity index (χ0) is 14.7. The van der Waals surface area contributed by atoms with Crippen molar-refractivity contribution in [3.8, 4) is 11.5 Å². The molecule has 0 spiro atoms. The number of rotatable bonds is 4. The molecule has 5 heteroatoms. The molecule has 0 amide bonds. The molecule has 2 aromatic rings. The van der Waals surface area contributed by atoms with Gasteiger partial charge in [-0.25, -0.2) is 4.39 Å². The zero-order valence-electron chi connectivity index (χ0n) is 10.7. The predicted octanol–water partition coefficient (Wildman–Crippen LogP) is 5.48. The fourth-order valence-corrected chi connectivity index (χ4v) is 2.49. The van der Waals surface area contributed by atoms with Crippen molar-refractivity contribution >= 4 is 27.5 Å². The number of aliphatic hydroxyl groups excluding tert-OH is 1. The number of para-hydroxylation sites is 1. The summed E-state index contributed by atoms with van der Waals surface area (Å²) in [6.45, 7) is 1.87. The van der Waals surface area contributed by atoms with Crippen LogP contribution in [0.3, 0.4) is 0 Å². The Morgan fingerprint density at radius 1 is 1.30 bits per heavy atom. The van der Waals surface area contributed by atoms with Crippen molar-refractivity contribution in [2.75, 3.05) is 0 Å². The summed E-state index contributed by atoms with van der Waals surface area (Å²) >= 11 is 8.97. The van der Waals surface area contributed by atoms with Gasteiger partial charge in [-0.05, 0) is 34.5 Å². The Morgan fingerprint density at radius 2 is 2.00 bits per heavy atom. The highest BCUT2D eigenvalue weighted by Crippen LogP contribution is 2.36. The molecule has 0 heterocycles. The van der Waals surface area contributed by atoms with Crippen LogP contribution >= 0.6 is 27.5 Å². The molecule has 0 aliphatic carbocycles. The quantitative estimate of drug-likeness (QED) is 0.733. The van der Waals surface area contributed by atoms with Crippen LogP contribution in [0, 0.1) is 5.82 Å². The Balaban J connectivity index is 2.38. The van der Waals surface area contributed by atoms with Gasteiger partial charge in [-0.15, -0.1) is 0 Å². The van der Waals surface area contributed by atoms with E-state index in [-0.39, 0.29) is 5.02 Å². The molecule has 2 nitrogen and oxygen atoms in total. The van der Waals surface area contributed by atoms with Crippen LogP contribution in [-0.4, -0.2) is 5.11 Å². The molecule has 0 saturated carbocycles. The van der Waals surface area contributed by atoms with Crippen molar-refractivity contribution < 1.29 is 14.2 Å². The first-order valence-corrected chi connectivity index (χ1v) is 7.29. The topological polar surface area (TPSA) is 29.5 Å². The van der Waals surface area contributed by atoms with Crippen LogP contribution in [-0.2, 0) is 0 Å². The maximum absolute atomic E-state index is 13.5. The van der Waals surface area contributed by atoms with E-state index in [1.54, 1.807) is 18.2 Å². The summed E-state index contributed by atoms with van der Waals surface area (Å²) < 4.78 is 19.7. The van der Waals surface area contributed by atoms with Crippen molar-refractivity contribution in [3.63, 3.8) is 0 Å². The molecule has 2 rings (SSSR count). The Hall–Kier alpha value is -1.10. The Bertz CT molecular complexity index is 619. The molecule has 0 bridgehead atoms. The minimum Gasteiger partial charge on any atom is -0.456 e. The fourth-order valence-electron chi connectivity index (χ4n) is 1.77. The van der Waals surface area contributed by atoms with Gasteiger partial charge in [0.2, 0.25) is 0 Å². The smallest absolute Gasteiger partial charge is 0.145 e. The average Bonchev–Trinajstić information content (AvgIpc) is 2.44. The van der Waals surface area contributed by atoms with Gasteiger partial charge >= 0.3 is 0 Å². The molecule has 106 valence electrons. The monoisotopic (exact) mass is 358 g/mol. The molecule has 0 aliphatic heterocycles. The summed E-state index contributed by atoms with van der Waals surface area (Å²) in [4.78, 5) is 0. The molecular weight excluding hydrogens is 347 g/mol. The lowest BCUT2D eigenvalue weighted by molar-refractivity contribution is 0.170. The normalized spacial score (nSPS) is 12.2. The Labute approximate surface area is 130 Å². The van der Waals surface area contributed by atoms with Crippen molar-refractivity contribution in [1.82, 2.24) is 0 Å². The second kappa shape index (κ2) is 6.57. The van der Waals surface area contributed by atoms with E-state index in [1.807, 2.05) is 13.0 Å². The number of aliphatic hydroxyl groups is 1. The van der Waals surface area contributed by atoms with Gasteiger partial charge in [0.05, 0.1) is 15.6 Å². The van der Waals surface area contributed by atoms with Gasteiger partial charge in [0.25, 0.3) is 0 Å². The van der Waals surface area contributed by atoms with E-state index in [2.05, 4.69) is 15.9 Å². The third kappa shape index (κ3) is 3.32. The van der Waals surface area contributed by atoms with Crippen molar-refractivity contribution in [3.05, 3.63) is 57.3 Å². The number of hydrogen-bond donors (Lipinski definition) is 1. The molecule has 20 heavy (non-hydrogen) atoms. The molecule has 0 fully saturated rings. The van der Waals surface area contributed by atoms with Gasteiger partial charge in [-0.1, -0.05) is 36.7 Å². The average molecular weight is 360 g/mol. The molecule has 0 aliphatic rings. The van der Waals surface area contributed by atoms with Crippen LogP contribution < -0.4 is 4.74 Å². The van der Waals surface area contributed by atoms with Crippen LogP contribution in [0.1, 0.15) is 25.0 Å². The molecule has 1 N–H and O–H groups in total. The van der Waals surface area contributed by atoms with Crippen molar-refractivity contribution in [2.45, 2.75) is 19.4 Å². The highest BCUT2D eigenvalue weighted by Gasteiger charge is 2.14. The lowest BCUT2D eigenvalue weighted by Gasteiger charge is -2.15. The predicted molar refractivity (Wildman–Crippen MR) is 80.9 cm³/mol. The number of hydrogen-bond acceptors (Lipinski definition) is 2. The SMILES string of the molecule is CC[C@H](O)c1ccccc1Oc1cc(F)c(Cl)cc1Br. The van der Waals surface area contributed by atoms with E-state index in [4.69, 9.17) is 16.3 Å². The minimum atomic E-state index is -0.623. The molecule has 1 atom stereocenters. The summed E-state index contributed by atoms with van der Waals surface area (Å²) in [5.41, 5.74) is 0.664. The molecular formula is C15H13BrClFO2. The van der Waals surface area contributed by atoms with Crippen LogP contribution in [0.5, 0.6) is 11.5 Å². The minimum absolute atomic E-state index is 0.0195. The molecule has 2 aromatic carbocycles. The third-order valence-corrected chi connectivity index (χ3v) is 3.77. The van der Waals surface area contributed by atoms with Gasteiger partial charge in [0, 0.05) is 11.6 Å². The number of benzene rings is 2. The largest absolute Gasteiger partial charge is 0.456 e. The van der Waals surface area contributed by atoms with E-state index < -0.39 is 11.9 Å². The van der Waals surface area contributed by atoms with E-state index >= 15 is 0 Å². The van der Waals surface area contributed by atoms with E-state index in [0.717, 1.165) is 0 Å². The molecule has 0 aromatic heterocycles. The van der Waals surface area contributed by atoms with E-state index in [0.29, 0.717) is 28.0 Å². The van der Waals surface area contributed by atoms with Crippen molar-refractivity contribution in [2.24, 2.45) is 0 Å². The van der Waals surface area contributed by atoms with Gasteiger partial charge in [-0.3, -0.25) is 0 Å². The first-order chi connectivity index (χ1) is 9.52. The lowest BCUT2D eigenvalue weighted by Crippen LogP contribution is -1.99. The summed E-state index contributed by atoms with van der Waals surface area (Å²) in [6.07, 6.45) is -0.0570. The van der Waals surface area contributed by atoms with Crippen LogP contribution in [0.25, 0.3) is 0 Å². The maximum atomic E-state index is 13.5. The first-order valence-electron chi connectivity index (χ1n) is 6.12. The van der Waals surface area contributed by atoms with Crippen molar-refractivity contribution in [1.29, 1.82) is 0 Å². The van der Waals surface area contributed by atoms with E-state index in [1.165, 1.54) is 12.1 Å². The summed E-state index contributed by atoms with van der Waals surface area (Å²) in [5.74, 6) is 0.241. The van der Waals surface area contributed by atoms with Crippen LogP contribution in [0.15, 0.2) is 40.9 Å². The van der Waals surface area contributed by atoms with Gasteiger partial charge in [-0.2, -0.15) is 0 Å². The zero-order valence-corrected chi connectivity index (χ0v) is 13.1. The van der Waals surface area contributed by atoms with Gasteiger partial charge < -0.3 is 9.84 Å². The summed E-state index contributed by atoms with van der Waals surface area (Å²) in [6, 6.07) is 9.77. The third-order valence-electron chi connectivity index (χ3n) is 2.86. The standard InChI is InChI=1S/C15H13BrClFO2/c1-2-13(19)9-5-3-4-6-14(9)20-15-8-12(18)11(17)7-10(15)16/h3-8,13,19H,2H2,1H3/t13-/m0/s1. The second-order valence-electron chi connectivity index (χ2n) is 4.26. The fraction of sp³-hybridized carbons (Fsp3) is 0.200. The first kappa shape index (κ1) is 15.3. The second-order valence-corrected chi connectivity index (χ2v) is 5.52. The lowest BCUT2D eigenvalue weighted by atomic mass is 10.1. The summed E-state index contributed by atoms with van der Waals surface area (Å²) in [5, 5.41) is 9.99. The summed E-state index contributed by atoms with van der Waals surface area (Å²) in [7, 11) is 0. The molecule has 0 saturated heterocycles. The highest BCUT2D eigenvalue weighted by atomic mass is 79.9. The molecule has 0 radical (unpaired) electrons. The Kier molecular flexibility index (Phi) is 5.02. The van der Waals surface area contributed by atoms with Crippen LogP contribution in [0.4, 0.5) is 4.39 Å². The van der Waals surface area contributed by atoms with Gasteiger partial charge in [0.1, 0.15) is 17.3 Å². The highest BCUT2D eigenvalue weighted by molar-refractivity contribution is 9.10. The van der Waals surface area contributed by atoms with E-state index in [9.17, 15) is 9.50 Å². The van der Waals surface area contributed by atoms with Gasteiger partial charge in [0.15, 0.2) is 0 Å². The maximum Gasteiger partial charge on any atom is 0.145 e.